The second kappa shape index (κ2) is 12.7. The molecule has 2 N–H and O–H groups in total. The first kappa shape index (κ1) is 29.8. The van der Waals surface area contributed by atoms with Gasteiger partial charge in [0.2, 0.25) is 0 Å². The topological polar surface area (TPSA) is 74.6 Å². The number of hydrogen-bond donors (Lipinski definition) is 2. The van der Waals surface area contributed by atoms with Crippen molar-refractivity contribution >= 4 is 17.3 Å². The second-order valence-electron chi connectivity index (χ2n) is 10.9. The third-order valence-electron chi connectivity index (χ3n) is 6.73. The molecule has 0 amide bonds. The predicted octanol–water partition coefficient (Wildman–Crippen LogP) is 8.70. The van der Waals surface area contributed by atoms with Gasteiger partial charge in [-0.25, -0.2) is 0 Å². The molecule has 0 saturated carbocycles. The summed E-state index contributed by atoms with van der Waals surface area (Å²) in [7, 11) is 0. The fourth-order valence-electron chi connectivity index (χ4n) is 4.39. The van der Waals surface area contributed by atoms with Crippen LogP contribution in [0.15, 0.2) is 93.3 Å². The van der Waals surface area contributed by atoms with Crippen molar-refractivity contribution in [3.05, 3.63) is 98.9 Å². The van der Waals surface area contributed by atoms with Gasteiger partial charge in [0.1, 0.15) is 22.5 Å². The summed E-state index contributed by atoms with van der Waals surface area (Å²) < 4.78 is 0. The van der Waals surface area contributed by atoms with Gasteiger partial charge in [-0.05, 0) is 81.1 Å². The highest BCUT2D eigenvalue weighted by atomic mass is 16.3. The van der Waals surface area contributed by atoms with E-state index in [-0.39, 0.29) is 42.0 Å². The molecule has 1 aromatic rings. The van der Waals surface area contributed by atoms with Crippen LogP contribution in [0, 0.1) is 5.41 Å². The van der Waals surface area contributed by atoms with Crippen molar-refractivity contribution in [2.75, 3.05) is 0 Å². The normalized spacial score (nSPS) is 18.8. The number of Topliss-reactive ketones (excluding diaryl/α,β-unsaturated/α-hetero) is 2. The predicted molar refractivity (Wildman–Crippen MR) is 153 cm³/mol. The number of rotatable bonds is 9. The molecule has 0 heterocycles. The van der Waals surface area contributed by atoms with Crippen LogP contribution in [0.1, 0.15) is 86.6 Å². The number of benzene rings is 1. The number of carbonyl (C=O) groups excluding carboxylic acids is 2. The molecule has 1 aliphatic rings. The van der Waals surface area contributed by atoms with Crippen LogP contribution in [0.4, 0.5) is 0 Å². The molecule has 1 unspecified atom stereocenters. The number of aliphatic hydroxyl groups excluding tert-OH is 2. The highest BCUT2D eigenvalue weighted by Crippen LogP contribution is 2.47. The minimum absolute atomic E-state index is 0.163. The first-order valence-corrected chi connectivity index (χ1v) is 12.9. The molecule has 0 aliphatic heterocycles. The Balaban J connectivity index is 2.92. The summed E-state index contributed by atoms with van der Waals surface area (Å²) in [6, 6.07) is 8.69. The van der Waals surface area contributed by atoms with E-state index in [1.807, 2.05) is 73.6 Å². The minimum atomic E-state index is -1.46. The first-order valence-electron chi connectivity index (χ1n) is 12.9. The summed E-state index contributed by atoms with van der Waals surface area (Å²) in [5.41, 5.74) is 4.13. The summed E-state index contributed by atoms with van der Waals surface area (Å²) in [6.07, 6.45) is 7.10. The summed E-state index contributed by atoms with van der Waals surface area (Å²) in [5, 5.41) is 22.6. The molecule has 1 aliphatic carbocycles. The minimum Gasteiger partial charge on any atom is -0.507 e. The van der Waals surface area contributed by atoms with Crippen LogP contribution in [0.5, 0.6) is 0 Å². The highest BCUT2D eigenvalue weighted by molar-refractivity contribution is 6.26. The number of ketones is 2. The largest absolute Gasteiger partial charge is 0.507 e. The van der Waals surface area contributed by atoms with Gasteiger partial charge >= 0.3 is 0 Å². The van der Waals surface area contributed by atoms with E-state index in [9.17, 15) is 19.8 Å². The van der Waals surface area contributed by atoms with E-state index in [4.69, 9.17) is 0 Å². The van der Waals surface area contributed by atoms with Crippen LogP contribution in [0.25, 0.3) is 5.76 Å². The average Bonchev–Trinajstić information content (AvgIpc) is 2.83. The quantitative estimate of drug-likeness (QED) is 0.153. The molecule has 4 heteroatoms. The highest BCUT2D eigenvalue weighted by Gasteiger charge is 2.53. The van der Waals surface area contributed by atoms with E-state index in [1.54, 1.807) is 24.3 Å². The summed E-state index contributed by atoms with van der Waals surface area (Å²) in [5.74, 6) is -1.64. The Morgan fingerprint density at radius 3 is 1.89 bits per heavy atom. The number of carbonyl (C=O) groups is 2. The fourth-order valence-corrected chi connectivity index (χ4v) is 4.39. The molecule has 0 spiro atoms. The third-order valence-corrected chi connectivity index (χ3v) is 6.73. The van der Waals surface area contributed by atoms with Gasteiger partial charge in [-0.1, -0.05) is 76.4 Å². The maximum Gasteiger partial charge on any atom is 0.184 e. The number of allylic oxidation sites excluding steroid dienone is 10. The molecular weight excluding hydrogens is 460 g/mol. The standard InChI is InChI=1S/C33H42O4/c1-21(2)14-16-26(24(7)8)20-33(19-18-23(5)6)31(36)27(17-15-22(3)4)30(35)28(32(33)37)29(34)25-12-10-9-11-13-25/h9-15,18,34-35H,16-17,19-20H2,1-8H3/b29-28+. The number of hydrogen-bond acceptors (Lipinski definition) is 4. The van der Waals surface area contributed by atoms with Crippen molar-refractivity contribution in [2.24, 2.45) is 5.41 Å². The molecule has 37 heavy (non-hydrogen) atoms. The van der Waals surface area contributed by atoms with E-state index in [2.05, 4.69) is 6.08 Å². The molecular formula is C33H42O4. The lowest BCUT2D eigenvalue weighted by molar-refractivity contribution is -0.137. The van der Waals surface area contributed by atoms with E-state index in [1.165, 1.54) is 0 Å². The Kier molecular flexibility index (Phi) is 10.2. The van der Waals surface area contributed by atoms with E-state index in [0.29, 0.717) is 12.0 Å². The molecule has 0 saturated heterocycles. The molecule has 2 rings (SSSR count). The zero-order valence-electron chi connectivity index (χ0n) is 23.7. The number of aliphatic hydroxyl groups is 2. The van der Waals surface area contributed by atoms with Crippen molar-refractivity contribution in [2.45, 2.75) is 81.1 Å². The third kappa shape index (κ3) is 7.09. The van der Waals surface area contributed by atoms with E-state index in [0.717, 1.165) is 27.9 Å². The molecule has 0 bridgehead atoms. The van der Waals surface area contributed by atoms with E-state index < -0.39 is 17.0 Å². The lowest BCUT2D eigenvalue weighted by Crippen LogP contribution is -2.46. The van der Waals surface area contributed by atoms with Gasteiger partial charge in [-0.15, -0.1) is 0 Å². The fraction of sp³-hybridized carbons (Fsp3) is 0.394. The Morgan fingerprint density at radius 2 is 1.38 bits per heavy atom. The first-order chi connectivity index (χ1) is 17.3. The molecule has 0 fully saturated rings. The maximum atomic E-state index is 14.4. The smallest absolute Gasteiger partial charge is 0.184 e. The molecule has 4 nitrogen and oxygen atoms in total. The van der Waals surface area contributed by atoms with Gasteiger partial charge in [0.15, 0.2) is 11.6 Å². The van der Waals surface area contributed by atoms with Crippen LogP contribution in [0.2, 0.25) is 0 Å². The zero-order chi connectivity index (χ0) is 27.9. The van der Waals surface area contributed by atoms with Crippen molar-refractivity contribution in [1.82, 2.24) is 0 Å². The van der Waals surface area contributed by atoms with Crippen molar-refractivity contribution < 1.29 is 19.8 Å². The Morgan fingerprint density at radius 1 is 0.811 bits per heavy atom. The van der Waals surface area contributed by atoms with Gasteiger partial charge < -0.3 is 10.2 Å². The monoisotopic (exact) mass is 502 g/mol. The zero-order valence-corrected chi connectivity index (χ0v) is 23.7. The van der Waals surface area contributed by atoms with Crippen LogP contribution >= 0.6 is 0 Å². The molecule has 1 aromatic carbocycles. The van der Waals surface area contributed by atoms with Crippen LogP contribution in [-0.2, 0) is 9.59 Å². The van der Waals surface area contributed by atoms with Crippen LogP contribution in [0.3, 0.4) is 0 Å². The van der Waals surface area contributed by atoms with Crippen molar-refractivity contribution in [3.63, 3.8) is 0 Å². The van der Waals surface area contributed by atoms with Crippen LogP contribution in [-0.4, -0.2) is 21.8 Å². The van der Waals surface area contributed by atoms with Crippen LogP contribution < -0.4 is 0 Å². The molecule has 0 radical (unpaired) electrons. The Bertz CT molecular complexity index is 1220. The molecule has 198 valence electrons. The van der Waals surface area contributed by atoms with E-state index >= 15 is 0 Å². The van der Waals surface area contributed by atoms with Gasteiger partial charge in [-0.3, -0.25) is 9.59 Å². The summed E-state index contributed by atoms with van der Waals surface area (Å²) in [4.78, 5) is 28.6. The lowest BCUT2D eigenvalue weighted by Gasteiger charge is -2.37. The van der Waals surface area contributed by atoms with Gasteiger partial charge in [0.05, 0.1) is 0 Å². The summed E-state index contributed by atoms with van der Waals surface area (Å²) >= 11 is 0. The van der Waals surface area contributed by atoms with Gasteiger partial charge in [-0.2, -0.15) is 0 Å². The molecule has 1 atom stereocenters. The summed E-state index contributed by atoms with van der Waals surface area (Å²) in [6.45, 7) is 15.8. The lowest BCUT2D eigenvalue weighted by atomic mass is 9.62. The Hall–Kier alpha value is -3.40. The average molecular weight is 503 g/mol. The second-order valence-corrected chi connectivity index (χ2v) is 10.9. The van der Waals surface area contributed by atoms with Crippen molar-refractivity contribution in [3.8, 4) is 0 Å². The SMILES string of the molecule is CC(C)=CCC(CC1(CC=C(C)C)C(=O)C(CC=C(C)C)=C(O)/C(=C(\O)c2ccccc2)C1=O)=C(C)C. The Labute approximate surface area is 222 Å². The van der Waals surface area contributed by atoms with Gasteiger partial charge in [0.25, 0.3) is 0 Å². The maximum absolute atomic E-state index is 14.4. The van der Waals surface area contributed by atoms with Gasteiger partial charge in [0, 0.05) is 11.1 Å². The molecule has 0 aromatic heterocycles. The van der Waals surface area contributed by atoms with Crippen molar-refractivity contribution in [1.29, 1.82) is 0 Å².